The number of pyridine rings is 1. The van der Waals surface area contributed by atoms with Gasteiger partial charge in [0.2, 0.25) is 0 Å². The zero-order chi connectivity index (χ0) is 14.3. The van der Waals surface area contributed by atoms with Crippen LogP contribution in [0.1, 0.15) is 11.6 Å². The van der Waals surface area contributed by atoms with Crippen LogP contribution in [0.3, 0.4) is 0 Å². The molecule has 2 nitrogen and oxygen atoms in total. The lowest BCUT2D eigenvalue weighted by atomic mass is 9.99. The Morgan fingerprint density at radius 1 is 0.909 bits per heavy atom. The van der Waals surface area contributed by atoms with Crippen LogP contribution in [-0.2, 0) is 6.54 Å². The van der Waals surface area contributed by atoms with Gasteiger partial charge in [0.25, 0.3) is 5.82 Å². The first-order valence-corrected chi connectivity index (χ1v) is 7.93. The minimum atomic E-state index is 0.419. The van der Waals surface area contributed by atoms with Gasteiger partial charge < -0.3 is 0 Å². The van der Waals surface area contributed by atoms with E-state index in [1.54, 1.807) is 0 Å². The lowest BCUT2D eigenvalue weighted by Crippen LogP contribution is -2.40. The first kappa shape index (κ1) is 11.0. The Morgan fingerprint density at radius 3 is 2.77 bits per heavy atom. The van der Waals surface area contributed by atoms with Crippen molar-refractivity contribution in [3.63, 3.8) is 0 Å². The summed E-state index contributed by atoms with van der Waals surface area (Å²) in [6.45, 7) is 1.03. The molecule has 2 aliphatic heterocycles. The van der Waals surface area contributed by atoms with E-state index in [9.17, 15) is 0 Å². The maximum absolute atomic E-state index is 2.58. The maximum Gasteiger partial charge on any atom is 0.287 e. The average molecular weight is 283 g/mol. The summed E-state index contributed by atoms with van der Waals surface area (Å²) in [6, 6.07) is 16.5. The molecule has 0 saturated heterocycles. The fourth-order valence-electron chi connectivity index (χ4n) is 4.57. The highest BCUT2D eigenvalue weighted by Gasteiger charge is 2.50. The van der Waals surface area contributed by atoms with Crippen LogP contribution in [0, 0.1) is 0 Å². The van der Waals surface area contributed by atoms with Crippen LogP contribution in [0.4, 0.5) is 5.82 Å². The lowest BCUT2D eigenvalue weighted by Gasteiger charge is -2.17. The predicted molar refractivity (Wildman–Crippen MR) is 88.9 cm³/mol. The number of anilines is 1. The summed E-state index contributed by atoms with van der Waals surface area (Å²) in [4.78, 5) is 2.58. The van der Waals surface area contributed by atoms with E-state index in [4.69, 9.17) is 0 Å². The summed E-state index contributed by atoms with van der Waals surface area (Å²) >= 11 is 0. The molecule has 3 aliphatic rings. The molecule has 2 heteroatoms. The molecule has 2 unspecified atom stereocenters. The second-order valence-corrected chi connectivity index (χ2v) is 6.43. The number of hydrogen-bond acceptors (Lipinski definition) is 1. The molecule has 0 fully saturated rings. The first-order valence-electron chi connectivity index (χ1n) is 7.93. The van der Waals surface area contributed by atoms with Gasteiger partial charge in [-0.1, -0.05) is 48.6 Å². The van der Waals surface area contributed by atoms with Gasteiger partial charge in [0.05, 0.1) is 5.39 Å². The lowest BCUT2D eigenvalue weighted by molar-refractivity contribution is -0.662. The number of allylic oxidation sites excluding steroid dienone is 2. The molecule has 1 aliphatic carbocycles. The molecule has 6 rings (SSSR count). The van der Waals surface area contributed by atoms with Crippen molar-refractivity contribution in [2.75, 3.05) is 4.90 Å². The summed E-state index contributed by atoms with van der Waals surface area (Å²) in [6.07, 6.45) is 9.08. The molecule has 3 aromatic rings. The van der Waals surface area contributed by atoms with Gasteiger partial charge in [-0.15, -0.1) is 0 Å². The Morgan fingerprint density at radius 2 is 1.77 bits per heavy atom. The van der Waals surface area contributed by atoms with Crippen LogP contribution < -0.4 is 9.47 Å². The van der Waals surface area contributed by atoms with Gasteiger partial charge in [-0.25, -0.2) is 9.47 Å². The summed E-state index contributed by atoms with van der Waals surface area (Å²) in [5, 5.41) is 4.22. The highest BCUT2D eigenvalue weighted by molar-refractivity contribution is 6.11. The summed E-state index contributed by atoms with van der Waals surface area (Å²) < 4.78 is 2.55. The van der Waals surface area contributed by atoms with E-state index in [2.05, 4.69) is 76.2 Å². The molecule has 0 saturated carbocycles. The van der Waals surface area contributed by atoms with Gasteiger partial charge >= 0.3 is 0 Å². The zero-order valence-corrected chi connectivity index (χ0v) is 12.1. The molecule has 0 bridgehead atoms. The number of nitrogens with zero attached hydrogens (tertiary/aromatic N) is 2. The van der Waals surface area contributed by atoms with Crippen molar-refractivity contribution in [1.29, 1.82) is 0 Å². The number of fused-ring (bicyclic) bond motifs is 6. The van der Waals surface area contributed by atoms with Crippen molar-refractivity contribution in [1.82, 2.24) is 0 Å². The first-order chi connectivity index (χ1) is 10.9. The van der Waals surface area contributed by atoms with Crippen molar-refractivity contribution in [2.45, 2.75) is 18.6 Å². The minimum absolute atomic E-state index is 0.419. The van der Waals surface area contributed by atoms with Crippen LogP contribution in [0.2, 0.25) is 0 Å². The fourth-order valence-corrected chi connectivity index (χ4v) is 4.57. The molecule has 3 heterocycles. The van der Waals surface area contributed by atoms with E-state index in [0.29, 0.717) is 12.1 Å². The van der Waals surface area contributed by atoms with Crippen molar-refractivity contribution in [2.24, 2.45) is 0 Å². The monoisotopic (exact) mass is 283 g/mol. The molecule has 2 atom stereocenters. The van der Waals surface area contributed by atoms with Crippen LogP contribution >= 0.6 is 0 Å². The topological polar surface area (TPSA) is 7.12 Å². The van der Waals surface area contributed by atoms with Gasteiger partial charge in [0.1, 0.15) is 12.1 Å². The normalized spacial score (nSPS) is 23.7. The molecule has 22 heavy (non-hydrogen) atoms. The molecule has 0 amide bonds. The third kappa shape index (κ3) is 1.09. The van der Waals surface area contributed by atoms with E-state index in [1.807, 2.05) is 0 Å². The molecular formula is C20H15N2+. The molecule has 2 aromatic carbocycles. The van der Waals surface area contributed by atoms with Crippen LogP contribution in [0.5, 0.6) is 0 Å². The van der Waals surface area contributed by atoms with Gasteiger partial charge in [-0.05, 0) is 18.2 Å². The van der Waals surface area contributed by atoms with Crippen molar-refractivity contribution in [3.05, 3.63) is 72.3 Å². The molecule has 104 valence electrons. The third-order valence-corrected chi connectivity index (χ3v) is 5.40. The molecular weight excluding hydrogens is 268 g/mol. The second-order valence-electron chi connectivity index (χ2n) is 6.43. The van der Waals surface area contributed by atoms with E-state index < -0.39 is 0 Å². The SMILES string of the molecule is C1=CC2C(C=C1)[n+]1c3c4c(cccc4c4ccccc41)CN32. The maximum atomic E-state index is 2.58. The number of para-hydroxylation sites is 1. The van der Waals surface area contributed by atoms with E-state index in [0.717, 1.165) is 6.54 Å². The summed E-state index contributed by atoms with van der Waals surface area (Å²) in [5.41, 5.74) is 2.81. The minimum Gasteiger partial charge on any atom is -0.246 e. The second kappa shape index (κ2) is 3.58. The summed E-state index contributed by atoms with van der Waals surface area (Å²) in [7, 11) is 0. The highest BCUT2D eigenvalue weighted by Crippen LogP contribution is 2.45. The predicted octanol–water partition coefficient (Wildman–Crippen LogP) is 3.65. The fraction of sp³-hybridized carbons (Fsp3) is 0.150. The van der Waals surface area contributed by atoms with Crippen LogP contribution in [-0.4, -0.2) is 6.04 Å². The molecule has 1 aromatic heterocycles. The molecule has 0 N–H and O–H groups in total. The smallest absolute Gasteiger partial charge is 0.246 e. The average Bonchev–Trinajstić information content (AvgIpc) is 3.10. The zero-order valence-electron chi connectivity index (χ0n) is 12.1. The number of rotatable bonds is 0. The Balaban J connectivity index is 1.90. The number of hydrogen-bond donors (Lipinski definition) is 0. The molecule has 0 radical (unpaired) electrons. The Labute approximate surface area is 128 Å². The van der Waals surface area contributed by atoms with Crippen LogP contribution in [0.25, 0.3) is 21.7 Å². The van der Waals surface area contributed by atoms with Crippen molar-refractivity contribution >= 4 is 27.5 Å². The Hall–Kier alpha value is -2.61. The largest absolute Gasteiger partial charge is 0.287 e. The van der Waals surface area contributed by atoms with Gasteiger partial charge in [0, 0.05) is 16.3 Å². The van der Waals surface area contributed by atoms with Gasteiger partial charge in [0.15, 0.2) is 12.1 Å². The Bertz CT molecular complexity index is 1030. The standard InChI is InChI=1S/C20H15N2/c1-2-9-16-14(7-1)15-8-5-6-13-12-21-17-10-3-4-11-18(17)22(16)20(21)19(13)15/h1-11,17-18H,12H2/q+1. The van der Waals surface area contributed by atoms with Crippen molar-refractivity contribution < 1.29 is 4.57 Å². The van der Waals surface area contributed by atoms with E-state index >= 15 is 0 Å². The molecule has 0 spiro atoms. The quantitative estimate of drug-likeness (QED) is 0.451. The van der Waals surface area contributed by atoms with E-state index in [-0.39, 0.29) is 0 Å². The van der Waals surface area contributed by atoms with E-state index in [1.165, 1.54) is 33.1 Å². The highest BCUT2D eigenvalue weighted by atomic mass is 15.4. The number of benzene rings is 2. The van der Waals surface area contributed by atoms with Crippen molar-refractivity contribution in [3.8, 4) is 0 Å². The third-order valence-electron chi connectivity index (χ3n) is 5.40. The Kier molecular flexibility index (Phi) is 1.80. The van der Waals surface area contributed by atoms with Gasteiger partial charge in [-0.3, -0.25) is 0 Å². The van der Waals surface area contributed by atoms with Gasteiger partial charge in [-0.2, -0.15) is 0 Å². The summed E-state index contributed by atoms with van der Waals surface area (Å²) in [5.74, 6) is 1.41. The van der Waals surface area contributed by atoms with Crippen LogP contribution in [0.15, 0.2) is 66.8 Å². The number of aromatic nitrogens is 1.